The molecule has 1 aliphatic heterocycles. The van der Waals surface area contributed by atoms with Gasteiger partial charge in [-0.25, -0.2) is 13.4 Å². The van der Waals surface area contributed by atoms with Gasteiger partial charge in [0.1, 0.15) is 0 Å². The van der Waals surface area contributed by atoms with Crippen molar-refractivity contribution in [2.45, 2.75) is 10.4 Å². The van der Waals surface area contributed by atoms with Crippen molar-refractivity contribution in [2.75, 3.05) is 19.6 Å². The van der Waals surface area contributed by atoms with Crippen molar-refractivity contribution in [3.05, 3.63) is 76.4 Å². The van der Waals surface area contributed by atoms with Crippen LogP contribution < -0.4 is 5.32 Å². The summed E-state index contributed by atoms with van der Waals surface area (Å²) >= 11 is 12.1. The molecular weight excluding hydrogens is 485 g/mol. The molecule has 0 radical (unpaired) electrons. The zero-order valence-corrected chi connectivity index (χ0v) is 20.0. The van der Waals surface area contributed by atoms with Crippen LogP contribution in [-0.2, 0) is 22.5 Å². The van der Waals surface area contributed by atoms with Crippen molar-refractivity contribution in [3.63, 3.8) is 0 Å². The number of hydrogen-bond acceptors (Lipinski definition) is 5. The Balaban J connectivity index is 1.37. The summed E-state index contributed by atoms with van der Waals surface area (Å²) in [4.78, 5) is 21.4. The molecule has 1 saturated heterocycles. The van der Waals surface area contributed by atoms with Crippen LogP contribution in [0.2, 0.25) is 10.0 Å². The summed E-state index contributed by atoms with van der Waals surface area (Å²) in [6.07, 6.45) is 4.69. The molecule has 1 amide bonds. The molecule has 2 fully saturated rings. The summed E-state index contributed by atoms with van der Waals surface area (Å²) in [6.45, 7) is 1.02. The fourth-order valence-electron chi connectivity index (χ4n) is 4.91. The Morgan fingerprint density at radius 3 is 2.55 bits per heavy atom. The number of carbonyl (C=O) groups is 1. The number of halogens is 2. The predicted octanol–water partition coefficient (Wildman–Crippen LogP) is 2.74. The highest BCUT2D eigenvalue weighted by molar-refractivity contribution is 7.89. The molecule has 5 rings (SSSR count). The number of aromatic nitrogens is 3. The van der Waals surface area contributed by atoms with Gasteiger partial charge in [-0.3, -0.25) is 9.78 Å². The Hall–Kier alpha value is -2.46. The van der Waals surface area contributed by atoms with Crippen LogP contribution in [0.5, 0.6) is 0 Å². The molecule has 0 bridgehead atoms. The molecular formula is C22H21Cl2N5O3S. The Bertz CT molecular complexity index is 1320. The molecule has 3 aromatic rings. The number of hydrogen-bond donors (Lipinski definition) is 1. The lowest BCUT2D eigenvalue weighted by Gasteiger charge is -2.26. The van der Waals surface area contributed by atoms with Crippen LogP contribution in [0.4, 0.5) is 0 Å². The fraction of sp³-hybridized carbons (Fsp3) is 0.318. The minimum absolute atomic E-state index is 0.0341. The van der Waals surface area contributed by atoms with Crippen molar-refractivity contribution in [2.24, 2.45) is 18.9 Å². The van der Waals surface area contributed by atoms with Crippen LogP contribution in [0, 0.1) is 11.8 Å². The van der Waals surface area contributed by atoms with E-state index in [1.807, 2.05) is 18.2 Å². The summed E-state index contributed by atoms with van der Waals surface area (Å²) < 4.78 is 29.1. The highest BCUT2D eigenvalue weighted by Gasteiger charge is 2.70. The maximum Gasteiger partial charge on any atom is 0.262 e. The van der Waals surface area contributed by atoms with Gasteiger partial charge in [-0.1, -0.05) is 29.3 Å². The monoisotopic (exact) mass is 505 g/mol. The normalized spacial score (nSPS) is 24.5. The molecule has 3 atom stereocenters. The molecule has 1 N–H and O–H groups in total. The lowest BCUT2D eigenvalue weighted by molar-refractivity contribution is 0.0947. The van der Waals surface area contributed by atoms with Crippen LogP contribution in [0.25, 0.3) is 0 Å². The summed E-state index contributed by atoms with van der Waals surface area (Å²) in [6, 6.07) is 10.4. The van der Waals surface area contributed by atoms with Crippen LogP contribution >= 0.6 is 23.2 Å². The van der Waals surface area contributed by atoms with Gasteiger partial charge in [0.05, 0.1) is 16.9 Å². The van der Waals surface area contributed by atoms with E-state index in [2.05, 4.69) is 15.3 Å². The van der Waals surface area contributed by atoms with Gasteiger partial charge in [0, 0.05) is 55.2 Å². The van der Waals surface area contributed by atoms with E-state index >= 15 is 0 Å². The highest BCUT2D eigenvalue weighted by Crippen LogP contribution is 2.63. The third-order valence-corrected chi connectivity index (χ3v) is 8.91. The number of nitrogens with zero attached hydrogens (tertiary/aromatic N) is 4. The second-order valence-corrected chi connectivity index (χ2v) is 11.2. The Morgan fingerprint density at radius 2 is 1.94 bits per heavy atom. The second-order valence-electron chi connectivity index (χ2n) is 8.47. The Labute approximate surface area is 201 Å². The van der Waals surface area contributed by atoms with Crippen LogP contribution in [0.3, 0.4) is 0 Å². The number of piperidine rings is 1. The van der Waals surface area contributed by atoms with Crippen molar-refractivity contribution in [1.82, 2.24) is 24.2 Å². The third kappa shape index (κ3) is 3.73. The molecule has 1 unspecified atom stereocenters. The molecule has 172 valence electrons. The summed E-state index contributed by atoms with van der Waals surface area (Å²) in [7, 11) is -1.94. The van der Waals surface area contributed by atoms with Gasteiger partial charge in [0.2, 0.25) is 0 Å². The lowest BCUT2D eigenvalue weighted by atomic mass is 9.94. The predicted molar refractivity (Wildman–Crippen MR) is 124 cm³/mol. The lowest BCUT2D eigenvalue weighted by Crippen LogP contribution is -2.41. The molecule has 1 saturated carbocycles. The van der Waals surface area contributed by atoms with E-state index in [9.17, 15) is 13.2 Å². The smallest absolute Gasteiger partial charge is 0.262 e. The van der Waals surface area contributed by atoms with Gasteiger partial charge >= 0.3 is 0 Å². The van der Waals surface area contributed by atoms with E-state index in [4.69, 9.17) is 23.2 Å². The molecule has 33 heavy (non-hydrogen) atoms. The molecule has 3 heterocycles. The standard InChI is InChI=1S/C22H21Cl2N5O3S/c1-28-11-20(27-13-28)33(31,32)29-9-16-17(10-29)22(16,19-4-2-3-7-25-19)12-26-21(30)15-6-5-14(23)8-18(15)24/h2-8,11,13,16-17H,9-10,12H2,1H3,(H,26,30)/t16-,17+,22?. The average molecular weight is 506 g/mol. The van der Waals surface area contributed by atoms with E-state index in [1.165, 1.54) is 22.9 Å². The molecule has 1 aromatic carbocycles. The van der Waals surface area contributed by atoms with Crippen LogP contribution in [0.15, 0.2) is 60.1 Å². The second kappa shape index (κ2) is 8.09. The molecule has 0 spiro atoms. The maximum absolute atomic E-state index is 13.0. The summed E-state index contributed by atoms with van der Waals surface area (Å²) in [5.41, 5.74) is 0.742. The number of fused-ring (bicyclic) bond motifs is 1. The van der Waals surface area contributed by atoms with Crippen molar-refractivity contribution >= 4 is 39.1 Å². The minimum Gasteiger partial charge on any atom is -0.351 e. The molecule has 11 heteroatoms. The number of amides is 1. The van der Waals surface area contributed by atoms with Gasteiger partial charge in [-0.2, -0.15) is 4.31 Å². The van der Waals surface area contributed by atoms with Gasteiger partial charge in [-0.05, 0) is 42.2 Å². The molecule has 1 aliphatic carbocycles. The van der Waals surface area contributed by atoms with E-state index in [0.29, 0.717) is 30.2 Å². The number of sulfonamides is 1. The summed E-state index contributed by atoms with van der Waals surface area (Å²) in [5.74, 6) is -0.242. The first-order chi connectivity index (χ1) is 15.7. The zero-order valence-electron chi connectivity index (χ0n) is 17.6. The third-order valence-electron chi connectivity index (χ3n) is 6.64. The molecule has 2 aliphatic rings. The minimum atomic E-state index is -3.67. The summed E-state index contributed by atoms with van der Waals surface area (Å²) in [5, 5.41) is 3.75. The van der Waals surface area contributed by atoms with E-state index in [1.54, 1.807) is 29.9 Å². The number of nitrogens with one attached hydrogen (secondary N) is 1. The van der Waals surface area contributed by atoms with Crippen molar-refractivity contribution in [1.29, 1.82) is 0 Å². The highest BCUT2D eigenvalue weighted by atomic mass is 35.5. The topological polar surface area (TPSA) is 97.2 Å². The maximum atomic E-state index is 13.0. The first-order valence-corrected chi connectivity index (χ1v) is 12.6. The quantitative estimate of drug-likeness (QED) is 0.555. The number of imidazole rings is 1. The van der Waals surface area contributed by atoms with Crippen LogP contribution in [0.1, 0.15) is 16.1 Å². The van der Waals surface area contributed by atoms with E-state index < -0.39 is 15.4 Å². The van der Waals surface area contributed by atoms with Gasteiger partial charge in [-0.15, -0.1) is 0 Å². The number of aryl methyl sites for hydroxylation is 1. The van der Waals surface area contributed by atoms with Gasteiger partial charge in [0.15, 0.2) is 5.03 Å². The van der Waals surface area contributed by atoms with E-state index in [-0.39, 0.29) is 27.8 Å². The molecule has 2 aromatic heterocycles. The zero-order chi connectivity index (χ0) is 23.4. The Morgan fingerprint density at radius 1 is 1.18 bits per heavy atom. The fourth-order valence-corrected chi connectivity index (χ4v) is 6.87. The van der Waals surface area contributed by atoms with Crippen molar-refractivity contribution in [3.8, 4) is 0 Å². The molecule has 8 nitrogen and oxygen atoms in total. The van der Waals surface area contributed by atoms with E-state index in [0.717, 1.165) is 5.69 Å². The SMILES string of the molecule is Cn1cnc(S(=O)(=O)N2C[C@@H]3[C@H](C2)C3(CNC(=O)c2ccc(Cl)cc2Cl)c2ccccn2)c1. The number of rotatable bonds is 6. The number of carbonyl (C=O) groups excluding carboxylic acids is 1. The first-order valence-electron chi connectivity index (χ1n) is 10.4. The van der Waals surface area contributed by atoms with Crippen molar-refractivity contribution < 1.29 is 13.2 Å². The number of pyridine rings is 1. The van der Waals surface area contributed by atoms with Gasteiger partial charge in [0.25, 0.3) is 15.9 Å². The first kappa shape index (κ1) is 22.3. The largest absolute Gasteiger partial charge is 0.351 e. The Kier molecular flexibility index (Phi) is 5.48. The van der Waals surface area contributed by atoms with Gasteiger partial charge < -0.3 is 9.88 Å². The average Bonchev–Trinajstić information content (AvgIpc) is 3.14. The number of benzene rings is 1. The van der Waals surface area contributed by atoms with Crippen LogP contribution in [-0.4, -0.2) is 52.8 Å².